The lowest BCUT2D eigenvalue weighted by Crippen LogP contribution is -2.40. The Hall–Kier alpha value is -3.30. The van der Waals surface area contributed by atoms with Crippen molar-refractivity contribution in [3.05, 3.63) is 82.8 Å². The van der Waals surface area contributed by atoms with Gasteiger partial charge in [-0.1, -0.05) is 24.3 Å². The van der Waals surface area contributed by atoms with Crippen molar-refractivity contribution in [2.24, 2.45) is 0 Å². The van der Waals surface area contributed by atoms with Crippen molar-refractivity contribution in [2.75, 3.05) is 19.4 Å². The van der Waals surface area contributed by atoms with Crippen molar-refractivity contribution in [1.29, 1.82) is 0 Å². The third-order valence-electron chi connectivity index (χ3n) is 5.90. The van der Waals surface area contributed by atoms with Crippen molar-refractivity contribution in [3.8, 4) is 11.5 Å². The Kier molecular flexibility index (Phi) is 9.62. The van der Waals surface area contributed by atoms with E-state index in [0.29, 0.717) is 31.2 Å². The average molecular weight is 544 g/mol. The van der Waals surface area contributed by atoms with Crippen LogP contribution in [0.4, 0.5) is 0 Å². The van der Waals surface area contributed by atoms with Crippen molar-refractivity contribution >= 4 is 16.1 Å². The molecule has 3 aromatic rings. The third kappa shape index (κ3) is 8.63. The summed E-state index contributed by atoms with van der Waals surface area (Å²) >= 11 is 0. The van der Waals surface area contributed by atoms with Gasteiger partial charge < -0.3 is 18.1 Å². The maximum absolute atomic E-state index is 12.3. The van der Waals surface area contributed by atoms with Gasteiger partial charge in [0.1, 0.15) is 17.3 Å². The Bertz CT molecular complexity index is 1290. The molecule has 0 spiro atoms. The second kappa shape index (κ2) is 12.5. The molecule has 0 amide bonds. The van der Waals surface area contributed by atoms with Crippen LogP contribution in [0.3, 0.4) is 0 Å². The minimum atomic E-state index is -3.56. The first kappa shape index (κ1) is 29.3. The van der Waals surface area contributed by atoms with Gasteiger partial charge in [0.2, 0.25) is 0 Å². The van der Waals surface area contributed by atoms with Gasteiger partial charge in [0.15, 0.2) is 5.60 Å². The molecule has 0 radical (unpaired) electrons. The number of carbonyl (C=O) groups is 1. The first-order valence-corrected chi connectivity index (χ1v) is 14.4. The standard InChI is InChI=1S/C29H37NO7S/c1-7-34-28(31)29(4,5)36-27-21(2)17-24(18-22(27)3)19-30(20-26-9-8-16-35-26)15-14-23-10-12-25(13-11-23)37-38(6,32)33/h8-13,16-18H,7,14-15,19-20H2,1-6H3. The predicted octanol–water partition coefficient (Wildman–Crippen LogP) is 5.20. The number of esters is 1. The molecule has 3 rings (SSSR count). The first-order valence-electron chi connectivity index (χ1n) is 12.6. The molecule has 0 aliphatic carbocycles. The van der Waals surface area contributed by atoms with Crippen molar-refractivity contribution in [2.45, 2.75) is 59.7 Å². The Morgan fingerprint density at radius 2 is 1.66 bits per heavy atom. The largest absolute Gasteiger partial charge is 0.476 e. The summed E-state index contributed by atoms with van der Waals surface area (Å²) in [6.07, 6.45) is 3.45. The van der Waals surface area contributed by atoms with Gasteiger partial charge in [-0.3, -0.25) is 4.90 Å². The average Bonchev–Trinajstić information content (AvgIpc) is 3.33. The van der Waals surface area contributed by atoms with E-state index in [-0.39, 0.29) is 0 Å². The van der Waals surface area contributed by atoms with Crippen LogP contribution >= 0.6 is 0 Å². The summed E-state index contributed by atoms with van der Waals surface area (Å²) in [4.78, 5) is 14.6. The highest BCUT2D eigenvalue weighted by Gasteiger charge is 2.32. The Balaban J connectivity index is 1.74. The highest BCUT2D eigenvalue weighted by molar-refractivity contribution is 7.86. The first-order chi connectivity index (χ1) is 17.9. The van der Waals surface area contributed by atoms with Crippen molar-refractivity contribution in [3.63, 3.8) is 0 Å². The maximum atomic E-state index is 12.3. The Morgan fingerprint density at radius 3 is 2.21 bits per heavy atom. The van der Waals surface area contributed by atoms with Gasteiger partial charge in [0.05, 0.1) is 25.7 Å². The number of ether oxygens (including phenoxy) is 2. The zero-order valence-corrected chi connectivity index (χ0v) is 23.8. The van der Waals surface area contributed by atoms with E-state index in [1.54, 1.807) is 39.2 Å². The van der Waals surface area contributed by atoms with Crippen LogP contribution in [-0.4, -0.2) is 44.3 Å². The van der Waals surface area contributed by atoms with Crippen LogP contribution in [0, 0.1) is 13.8 Å². The van der Waals surface area contributed by atoms with Crippen LogP contribution in [0.15, 0.2) is 59.2 Å². The topological polar surface area (TPSA) is 95.3 Å². The normalized spacial score (nSPS) is 12.0. The van der Waals surface area contributed by atoms with Crippen LogP contribution in [0.2, 0.25) is 0 Å². The number of nitrogens with zero attached hydrogens (tertiary/aromatic N) is 1. The molecule has 38 heavy (non-hydrogen) atoms. The minimum absolute atomic E-state index is 0.295. The molecule has 0 aliphatic heterocycles. The molecule has 0 saturated carbocycles. The van der Waals surface area contributed by atoms with Crippen LogP contribution < -0.4 is 8.92 Å². The summed E-state index contributed by atoms with van der Waals surface area (Å²) in [7, 11) is -3.56. The van der Waals surface area contributed by atoms with Gasteiger partial charge >= 0.3 is 16.1 Å². The van der Waals surface area contributed by atoms with Gasteiger partial charge in [-0.25, -0.2) is 4.79 Å². The summed E-state index contributed by atoms with van der Waals surface area (Å²) in [5.74, 6) is 1.44. The number of benzene rings is 2. The van der Waals surface area contributed by atoms with E-state index in [2.05, 4.69) is 17.0 Å². The van der Waals surface area contributed by atoms with Gasteiger partial charge in [-0.2, -0.15) is 8.42 Å². The van der Waals surface area contributed by atoms with Crippen LogP contribution in [0.1, 0.15) is 48.8 Å². The smallest absolute Gasteiger partial charge is 0.349 e. The number of rotatable bonds is 13. The van der Waals surface area contributed by atoms with Gasteiger partial charge in [0, 0.05) is 13.1 Å². The zero-order valence-electron chi connectivity index (χ0n) is 22.9. The molecule has 2 aromatic carbocycles. The minimum Gasteiger partial charge on any atom is -0.476 e. The van der Waals surface area contributed by atoms with Gasteiger partial charge in [0.25, 0.3) is 0 Å². The van der Waals surface area contributed by atoms with Crippen molar-refractivity contribution in [1.82, 2.24) is 4.90 Å². The van der Waals surface area contributed by atoms with Gasteiger partial charge in [-0.15, -0.1) is 0 Å². The predicted molar refractivity (Wildman–Crippen MR) is 146 cm³/mol. The molecular weight excluding hydrogens is 506 g/mol. The monoisotopic (exact) mass is 543 g/mol. The number of hydrogen-bond donors (Lipinski definition) is 0. The van der Waals surface area contributed by atoms with Crippen LogP contribution in [0.25, 0.3) is 0 Å². The fraction of sp³-hybridized carbons (Fsp3) is 0.414. The number of furan rings is 1. The Morgan fingerprint density at radius 1 is 1.00 bits per heavy atom. The van der Waals surface area contributed by atoms with E-state index in [9.17, 15) is 13.2 Å². The summed E-state index contributed by atoms with van der Waals surface area (Å²) in [6.45, 7) is 11.5. The zero-order chi connectivity index (χ0) is 27.9. The van der Waals surface area contributed by atoms with E-state index < -0.39 is 21.7 Å². The molecule has 8 nitrogen and oxygen atoms in total. The lowest BCUT2D eigenvalue weighted by Gasteiger charge is -2.27. The van der Waals surface area contributed by atoms with Gasteiger partial charge in [-0.05, 0) is 87.6 Å². The molecule has 0 N–H and O–H groups in total. The van der Waals surface area contributed by atoms with E-state index in [1.165, 1.54) is 0 Å². The molecule has 0 atom stereocenters. The fourth-order valence-corrected chi connectivity index (χ4v) is 4.62. The molecule has 0 fully saturated rings. The number of carbonyl (C=O) groups excluding carboxylic acids is 1. The summed E-state index contributed by atoms with van der Waals surface area (Å²) in [6, 6.07) is 15.1. The molecule has 0 saturated heterocycles. The quantitative estimate of drug-likeness (QED) is 0.214. The summed E-state index contributed by atoms with van der Waals surface area (Å²) in [5, 5.41) is 0. The molecule has 9 heteroatoms. The lowest BCUT2D eigenvalue weighted by atomic mass is 10.0. The maximum Gasteiger partial charge on any atom is 0.349 e. The second-order valence-electron chi connectivity index (χ2n) is 9.86. The molecule has 0 unspecified atom stereocenters. The van der Waals surface area contributed by atoms with E-state index in [0.717, 1.165) is 47.2 Å². The molecule has 1 aromatic heterocycles. The fourth-order valence-electron chi connectivity index (χ4n) is 4.16. The van der Waals surface area contributed by atoms with E-state index >= 15 is 0 Å². The molecule has 1 heterocycles. The van der Waals surface area contributed by atoms with E-state index in [4.69, 9.17) is 18.1 Å². The molecular formula is C29H37NO7S. The second-order valence-corrected chi connectivity index (χ2v) is 11.4. The van der Waals surface area contributed by atoms with Crippen LogP contribution in [0.5, 0.6) is 11.5 Å². The van der Waals surface area contributed by atoms with E-state index in [1.807, 2.05) is 38.1 Å². The number of hydrogen-bond acceptors (Lipinski definition) is 8. The highest BCUT2D eigenvalue weighted by Crippen LogP contribution is 2.30. The van der Waals surface area contributed by atoms with Crippen molar-refractivity contribution < 1.29 is 31.3 Å². The van der Waals surface area contributed by atoms with Crippen LogP contribution in [-0.2, 0) is 39.2 Å². The molecule has 0 bridgehead atoms. The molecule has 206 valence electrons. The SMILES string of the molecule is CCOC(=O)C(C)(C)Oc1c(C)cc(CN(CCc2ccc(OS(C)(=O)=O)cc2)Cc2ccco2)cc1C. The third-order valence-corrected chi connectivity index (χ3v) is 6.39. The molecule has 0 aliphatic rings. The Labute approximate surface area is 225 Å². The number of aryl methyl sites for hydroxylation is 2. The summed E-state index contributed by atoms with van der Waals surface area (Å²) < 4.78 is 44.5. The lowest BCUT2D eigenvalue weighted by molar-refractivity contribution is -0.158. The summed E-state index contributed by atoms with van der Waals surface area (Å²) in [5.41, 5.74) is 2.96. The highest BCUT2D eigenvalue weighted by atomic mass is 32.2.